The standard InChI is InChI=1S/C8H17N5O/c1-6(9)7-10-11-12-13(7)8(2,3)5-14-4/h6H,5,9H2,1-4H3. The molecule has 0 radical (unpaired) electrons. The van der Waals surface area contributed by atoms with Crippen molar-refractivity contribution in [3.63, 3.8) is 0 Å². The van der Waals surface area contributed by atoms with Gasteiger partial charge in [0.25, 0.3) is 0 Å². The Labute approximate surface area is 83.4 Å². The van der Waals surface area contributed by atoms with Crippen molar-refractivity contribution in [3.05, 3.63) is 5.82 Å². The number of nitrogens with two attached hydrogens (primary N) is 1. The highest BCUT2D eigenvalue weighted by atomic mass is 16.5. The van der Waals surface area contributed by atoms with Crippen LogP contribution in [0.1, 0.15) is 32.6 Å². The van der Waals surface area contributed by atoms with Gasteiger partial charge in [-0.3, -0.25) is 0 Å². The van der Waals surface area contributed by atoms with Crippen molar-refractivity contribution < 1.29 is 4.74 Å². The second-order valence-electron chi connectivity index (χ2n) is 3.98. The molecule has 80 valence electrons. The van der Waals surface area contributed by atoms with Crippen LogP contribution in [-0.4, -0.2) is 33.9 Å². The van der Waals surface area contributed by atoms with Gasteiger partial charge in [-0.05, 0) is 31.2 Å². The zero-order chi connectivity index (χ0) is 10.8. The van der Waals surface area contributed by atoms with E-state index in [4.69, 9.17) is 10.5 Å². The maximum atomic E-state index is 5.75. The lowest BCUT2D eigenvalue weighted by Gasteiger charge is -2.25. The maximum absolute atomic E-state index is 5.75. The van der Waals surface area contributed by atoms with Gasteiger partial charge in [-0.25, -0.2) is 4.68 Å². The number of hydrogen-bond acceptors (Lipinski definition) is 5. The van der Waals surface area contributed by atoms with Gasteiger partial charge in [-0.2, -0.15) is 0 Å². The first-order chi connectivity index (χ1) is 6.49. The van der Waals surface area contributed by atoms with Crippen LogP contribution < -0.4 is 5.73 Å². The molecule has 1 atom stereocenters. The van der Waals surface area contributed by atoms with Crippen LogP contribution in [0.15, 0.2) is 0 Å². The van der Waals surface area contributed by atoms with E-state index in [0.717, 1.165) is 0 Å². The van der Waals surface area contributed by atoms with E-state index in [2.05, 4.69) is 15.5 Å². The Kier molecular flexibility index (Phi) is 3.17. The molecule has 1 aromatic heterocycles. The summed E-state index contributed by atoms with van der Waals surface area (Å²) < 4.78 is 6.82. The fourth-order valence-electron chi connectivity index (χ4n) is 1.32. The fraction of sp³-hybridized carbons (Fsp3) is 0.875. The minimum atomic E-state index is -0.277. The summed E-state index contributed by atoms with van der Waals surface area (Å²) >= 11 is 0. The maximum Gasteiger partial charge on any atom is 0.168 e. The van der Waals surface area contributed by atoms with Crippen LogP contribution in [0.2, 0.25) is 0 Å². The molecular weight excluding hydrogens is 182 g/mol. The van der Waals surface area contributed by atoms with E-state index >= 15 is 0 Å². The number of hydrogen-bond donors (Lipinski definition) is 1. The molecule has 1 heterocycles. The monoisotopic (exact) mass is 199 g/mol. The summed E-state index contributed by atoms with van der Waals surface area (Å²) in [6.07, 6.45) is 0. The van der Waals surface area contributed by atoms with Gasteiger partial charge >= 0.3 is 0 Å². The van der Waals surface area contributed by atoms with E-state index in [1.54, 1.807) is 11.8 Å². The highest BCUT2D eigenvalue weighted by Crippen LogP contribution is 2.17. The molecule has 0 aliphatic heterocycles. The molecule has 1 rings (SSSR count). The molecule has 1 unspecified atom stereocenters. The molecule has 0 saturated carbocycles. The average Bonchev–Trinajstić information content (AvgIpc) is 2.51. The molecule has 0 amide bonds. The van der Waals surface area contributed by atoms with Crippen LogP contribution in [-0.2, 0) is 10.3 Å². The van der Waals surface area contributed by atoms with Crippen molar-refractivity contribution in [3.8, 4) is 0 Å². The van der Waals surface area contributed by atoms with Gasteiger partial charge in [0, 0.05) is 7.11 Å². The minimum Gasteiger partial charge on any atom is -0.382 e. The van der Waals surface area contributed by atoms with Crippen LogP contribution in [0.5, 0.6) is 0 Å². The summed E-state index contributed by atoms with van der Waals surface area (Å²) in [7, 11) is 1.65. The quantitative estimate of drug-likeness (QED) is 0.742. The Morgan fingerprint density at radius 3 is 2.71 bits per heavy atom. The number of nitrogens with zero attached hydrogens (tertiary/aromatic N) is 4. The topological polar surface area (TPSA) is 78.8 Å². The van der Waals surface area contributed by atoms with Crippen LogP contribution in [0, 0.1) is 0 Å². The smallest absolute Gasteiger partial charge is 0.168 e. The lowest BCUT2D eigenvalue weighted by Crippen LogP contribution is -2.35. The summed E-state index contributed by atoms with van der Waals surface area (Å²) in [4.78, 5) is 0. The second kappa shape index (κ2) is 4.02. The summed E-state index contributed by atoms with van der Waals surface area (Å²) in [5.74, 6) is 0.673. The van der Waals surface area contributed by atoms with Crippen molar-refractivity contribution in [2.75, 3.05) is 13.7 Å². The summed E-state index contributed by atoms with van der Waals surface area (Å²) in [6, 6.07) is -0.180. The van der Waals surface area contributed by atoms with Gasteiger partial charge < -0.3 is 10.5 Å². The number of aromatic nitrogens is 4. The molecule has 0 aliphatic rings. The molecule has 0 aromatic carbocycles. The SMILES string of the molecule is COCC(C)(C)n1nnnc1C(C)N. The van der Waals surface area contributed by atoms with E-state index in [0.29, 0.717) is 12.4 Å². The number of methoxy groups -OCH3 is 1. The van der Waals surface area contributed by atoms with Gasteiger partial charge in [0.05, 0.1) is 18.2 Å². The lowest BCUT2D eigenvalue weighted by molar-refractivity contribution is 0.0971. The van der Waals surface area contributed by atoms with Crippen molar-refractivity contribution in [2.24, 2.45) is 5.73 Å². The third-order valence-corrected chi connectivity index (χ3v) is 1.97. The molecule has 0 saturated heterocycles. The molecule has 6 heteroatoms. The van der Waals surface area contributed by atoms with Crippen molar-refractivity contribution in [1.29, 1.82) is 0 Å². The Hall–Kier alpha value is -1.01. The Balaban J connectivity index is 2.99. The number of ether oxygens (including phenoxy) is 1. The molecule has 14 heavy (non-hydrogen) atoms. The van der Waals surface area contributed by atoms with E-state index in [1.165, 1.54) is 0 Å². The van der Waals surface area contributed by atoms with Crippen LogP contribution >= 0.6 is 0 Å². The average molecular weight is 199 g/mol. The zero-order valence-corrected chi connectivity index (χ0v) is 9.06. The number of tetrazole rings is 1. The first kappa shape index (κ1) is 11.1. The largest absolute Gasteiger partial charge is 0.382 e. The predicted molar refractivity (Wildman–Crippen MR) is 51.6 cm³/mol. The molecule has 0 spiro atoms. The molecular formula is C8H17N5O. The van der Waals surface area contributed by atoms with Crippen LogP contribution in [0.25, 0.3) is 0 Å². The highest BCUT2D eigenvalue weighted by molar-refractivity contribution is 4.93. The highest BCUT2D eigenvalue weighted by Gasteiger charge is 2.26. The van der Waals surface area contributed by atoms with Crippen molar-refractivity contribution in [2.45, 2.75) is 32.4 Å². The normalized spacial score (nSPS) is 14.4. The Morgan fingerprint density at radius 1 is 1.57 bits per heavy atom. The second-order valence-corrected chi connectivity index (χ2v) is 3.98. The fourth-order valence-corrected chi connectivity index (χ4v) is 1.32. The molecule has 6 nitrogen and oxygen atoms in total. The van der Waals surface area contributed by atoms with Crippen molar-refractivity contribution >= 4 is 0 Å². The summed E-state index contributed by atoms with van der Waals surface area (Å²) in [5.41, 5.74) is 5.47. The van der Waals surface area contributed by atoms with E-state index in [9.17, 15) is 0 Å². The number of rotatable bonds is 4. The van der Waals surface area contributed by atoms with Crippen LogP contribution in [0.3, 0.4) is 0 Å². The van der Waals surface area contributed by atoms with E-state index < -0.39 is 0 Å². The van der Waals surface area contributed by atoms with Crippen molar-refractivity contribution in [1.82, 2.24) is 20.2 Å². The zero-order valence-electron chi connectivity index (χ0n) is 9.06. The third-order valence-electron chi connectivity index (χ3n) is 1.97. The van der Waals surface area contributed by atoms with Gasteiger partial charge in [-0.15, -0.1) is 5.10 Å². The molecule has 0 aliphatic carbocycles. The van der Waals surface area contributed by atoms with Gasteiger partial charge in [0.1, 0.15) is 0 Å². The molecule has 2 N–H and O–H groups in total. The molecule has 0 fully saturated rings. The molecule has 1 aromatic rings. The van der Waals surface area contributed by atoms with E-state index in [1.807, 2.05) is 20.8 Å². The van der Waals surface area contributed by atoms with Gasteiger partial charge in [0.15, 0.2) is 5.82 Å². The summed E-state index contributed by atoms with van der Waals surface area (Å²) in [6.45, 7) is 6.39. The first-order valence-electron chi connectivity index (χ1n) is 4.52. The van der Waals surface area contributed by atoms with E-state index in [-0.39, 0.29) is 11.6 Å². The van der Waals surface area contributed by atoms with Gasteiger partial charge in [0.2, 0.25) is 0 Å². The summed E-state index contributed by atoms with van der Waals surface area (Å²) in [5, 5.41) is 11.4. The Morgan fingerprint density at radius 2 is 2.21 bits per heavy atom. The third kappa shape index (κ3) is 2.08. The molecule has 0 bridgehead atoms. The van der Waals surface area contributed by atoms with Gasteiger partial charge in [-0.1, -0.05) is 0 Å². The Bertz CT molecular complexity index is 294. The van der Waals surface area contributed by atoms with Crippen LogP contribution in [0.4, 0.5) is 0 Å². The predicted octanol–water partition coefficient (Wildman–Crippen LogP) is 0.0743. The first-order valence-corrected chi connectivity index (χ1v) is 4.52. The lowest BCUT2D eigenvalue weighted by atomic mass is 10.1. The minimum absolute atomic E-state index is 0.180.